The summed E-state index contributed by atoms with van der Waals surface area (Å²) in [5, 5.41) is 13.6. The van der Waals surface area contributed by atoms with Crippen LogP contribution >= 0.6 is 7.51 Å². The van der Waals surface area contributed by atoms with Crippen LogP contribution in [-0.4, -0.2) is 0 Å². The fourth-order valence-electron chi connectivity index (χ4n) is 2.80. The van der Waals surface area contributed by atoms with Crippen LogP contribution in [0.15, 0.2) is 126 Å². The predicted molar refractivity (Wildman–Crippen MR) is 124 cm³/mol. The molecule has 4 aromatic carbocycles. The summed E-state index contributed by atoms with van der Waals surface area (Å²) in [7, 11) is -2.76. The molecule has 0 aliphatic carbocycles. The monoisotopic (exact) mass is 396 g/mol. The Morgan fingerprint density at radius 2 is 0.931 bits per heavy atom. The van der Waals surface area contributed by atoms with Gasteiger partial charge in [0.1, 0.15) is 0 Å². The van der Waals surface area contributed by atoms with Gasteiger partial charge in [-0.05, 0) is 24.3 Å². The molecule has 0 heterocycles. The maximum Gasteiger partial charge on any atom is 0.0600 e. The lowest BCUT2D eigenvalue weighted by Crippen LogP contribution is -1.95. The Morgan fingerprint density at radius 1 is 0.517 bits per heavy atom. The first-order valence-corrected chi connectivity index (χ1v) is 11.0. The van der Waals surface area contributed by atoms with Crippen molar-refractivity contribution in [2.75, 3.05) is 5.09 Å². The zero-order valence-corrected chi connectivity index (χ0v) is 16.7. The number of hydrogen-bond donors (Lipinski definition) is 1. The Morgan fingerprint density at radius 3 is 1.41 bits per heavy atom. The SMILES string of the molecule is c1ccc(N=P([N-]c2ccccc2)([N-]c2ccccc2)Nc2ccccc2)cc1. The van der Waals surface area contributed by atoms with Crippen LogP contribution in [0.3, 0.4) is 0 Å². The molecule has 1 N–H and O–H groups in total. The second-order valence-electron chi connectivity index (χ2n) is 6.35. The quantitative estimate of drug-likeness (QED) is 0.312. The Balaban J connectivity index is 1.84. The summed E-state index contributed by atoms with van der Waals surface area (Å²) < 4.78 is 5.04. The van der Waals surface area contributed by atoms with E-state index < -0.39 is 7.51 Å². The summed E-state index contributed by atoms with van der Waals surface area (Å²) in [6, 6.07) is 39.6. The molecule has 0 aliphatic rings. The summed E-state index contributed by atoms with van der Waals surface area (Å²) in [6.07, 6.45) is 0. The highest BCUT2D eigenvalue weighted by Crippen LogP contribution is 2.68. The summed E-state index contributed by atoms with van der Waals surface area (Å²) in [4.78, 5) is 0. The van der Waals surface area contributed by atoms with E-state index in [0.717, 1.165) is 22.7 Å². The van der Waals surface area contributed by atoms with Crippen molar-refractivity contribution in [2.45, 2.75) is 0 Å². The molecular formula is C24H21N4P-2. The zero-order valence-electron chi connectivity index (χ0n) is 15.8. The minimum absolute atomic E-state index is 0.837. The largest absolute Gasteiger partial charge is 0.642 e. The molecule has 0 amide bonds. The number of nitrogens with one attached hydrogen (secondary N) is 1. The lowest BCUT2D eigenvalue weighted by molar-refractivity contribution is 1.53. The first-order chi connectivity index (χ1) is 14.3. The molecule has 0 aromatic heterocycles. The predicted octanol–water partition coefficient (Wildman–Crippen LogP) is 8.79. The van der Waals surface area contributed by atoms with E-state index in [1.165, 1.54) is 0 Å². The highest BCUT2D eigenvalue weighted by atomic mass is 31.2. The Labute approximate surface area is 171 Å². The van der Waals surface area contributed by atoms with E-state index in [1.54, 1.807) is 0 Å². The molecule has 4 nitrogen and oxygen atoms in total. The zero-order chi connectivity index (χ0) is 19.8. The molecule has 144 valence electrons. The second-order valence-corrected chi connectivity index (χ2v) is 8.31. The van der Waals surface area contributed by atoms with Gasteiger partial charge in [0.15, 0.2) is 0 Å². The fraction of sp³-hybridized carbons (Fsp3) is 0. The molecular weight excluding hydrogens is 375 g/mol. The standard InChI is InChI=1S/C24H21N4P/c1-5-13-21(14-6-1)25-29(26-22-15-7-2-8-16-22,27-23-17-9-3-10-18-23)28-24-19-11-4-12-20-24/h1-20,25H/q-2. The van der Waals surface area contributed by atoms with Gasteiger partial charge >= 0.3 is 0 Å². The Hall–Kier alpha value is -3.49. The molecule has 0 radical (unpaired) electrons. The molecule has 0 saturated heterocycles. The van der Waals surface area contributed by atoms with Crippen LogP contribution in [-0.2, 0) is 0 Å². The summed E-state index contributed by atoms with van der Waals surface area (Å²) in [5.74, 6) is 0. The van der Waals surface area contributed by atoms with Crippen molar-refractivity contribution >= 4 is 30.3 Å². The smallest absolute Gasteiger partial charge is 0.0600 e. The fourth-order valence-corrected chi connectivity index (χ4v) is 4.94. The van der Waals surface area contributed by atoms with Gasteiger partial charge in [-0.1, -0.05) is 105 Å². The average molecular weight is 396 g/mol. The number of benzene rings is 4. The maximum atomic E-state index is 5.04. The van der Waals surface area contributed by atoms with Crippen molar-refractivity contribution in [2.24, 2.45) is 4.74 Å². The molecule has 0 unspecified atom stereocenters. The van der Waals surface area contributed by atoms with Crippen molar-refractivity contribution < 1.29 is 0 Å². The van der Waals surface area contributed by atoms with Crippen LogP contribution in [0.5, 0.6) is 0 Å². The van der Waals surface area contributed by atoms with Crippen molar-refractivity contribution in [3.63, 3.8) is 0 Å². The van der Waals surface area contributed by atoms with Crippen molar-refractivity contribution in [3.05, 3.63) is 132 Å². The lowest BCUT2D eigenvalue weighted by atomic mass is 10.3. The number of anilines is 1. The maximum absolute atomic E-state index is 5.04. The highest BCUT2D eigenvalue weighted by Gasteiger charge is 2.02. The molecule has 4 rings (SSSR count). The van der Waals surface area contributed by atoms with Crippen LogP contribution in [0.25, 0.3) is 10.2 Å². The molecule has 0 atom stereocenters. The van der Waals surface area contributed by atoms with Crippen LogP contribution in [0.4, 0.5) is 22.7 Å². The van der Waals surface area contributed by atoms with E-state index >= 15 is 0 Å². The van der Waals surface area contributed by atoms with Gasteiger partial charge in [0, 0.05) is 5.69 Å². The molecule has 29 heavy (non-hydrogen) atoms. The van der Waals surface area contributed by atoms with Gasteiger partial charge in [-0.25, -0.2) is 0 Å². The van der Waals surface area contributed by atoms with Gasteiger partial charge in [-0.3, -0.25) is 4.74 Å². The third-order valence-electron chi connectivity index (χ3n) is 4.09. The van der Waals surface area contributed by atoms with Crippen molar-refractivity contribution in [3.8, 4) is 0 Å². The molecule has 5 heteroatoms. The Kier molecular flexibility index (Phi) is 5.94. The van der Waals surface area contributed by atoms with Gasteiger partial charge in [0.2, 0.25) is 0 Å². The van der Waals surface area contributed by atoms with E-state index in [1.807, 2.05) is 121 Å². The molecule has 0 fully saturated rings. The summed E-state index contributed by atoms with van der Waals surface area (Å²) in [5.41, 5.74) is 3.44. The normalized spacial score (nSPS) is 10.8. The van der Waals surface area contributed by atoms with Gasteiger partial charge in [0.05, 0.1) is 5.69 Å². The van der Waals surface area contributed by atoms with Gasteiger partial charge in [0.25, 0.3) is 0 Å². The first kappa shape index (κ1) is 18.9. The molecule has 4 aromatic rings. The summed E-state index contributed by atoms with van der Waals surface area (Å²) in [6.45, 7) is 0. The Bertz CT molecular complexity index is 961. The lowest BCUT2D eigenvalue weighted by Gasteiger charge is -2.52. The van der Waals surface area contributed by atoms with Crippen LogP contribution in [0.2, 0.25) is 0 Å². The van der Waals surface area contributed by atoms with Crippen LogP contribution in [0.1, 0.15) is 0 Å². The van der Waals surface area contributed by atoms with E-state index in [0.29, 0.717) is 0 Å². The topological polar surface area (TPSA) is 52.6 Å². The van der Waals surface area contributed by atoms with Crippen molar-refractivity contribution in [1.82, 2.24) is 0 Å². The number of para-hydroxylation sites is 1. The second kappa shape index (κ2) is 9.13. The van der Waals surface area contributed by atoms with E-state index in [4.69, 9.17) is 14.9 Å². The molecule has 0 spiro atoms. The number of nitrogens with zero attached hydrogens (tertiary/aromatic N) is 3. The highest BCUT2D eigenvalue weighted by molar-refractivity contribution is 7.74. The third kappa shape index (κ3) is 5.28. The number of hydrogen-bond acceptors (Lipinski definition) is 1. The van der Waals surface area contributed by atoms with Crippen LogP contribution < -0.4 is 5.09 Å². The third-order valence-corrected chi connectivity index (χ3v) is 6.17. The summed E-state index contributed by atoms with van der Waals surface area (Å²) >= 11 is 0. The van der Waals surface area contributed by atoms with Crippen molar-refractivity contribution in [1.29, 1.82) is 0 Å². The van der Waals surface area contributed by atoms with Crippen LogP contribution in [0, 0.1) is 0 Å². The minimum atomic E-state index is -2.76. The molecule has 0 saturated carbocycles. The molecule has 0 aliphatic heterocycles. The molecule has 0 bridgehead atoms. The van der Waals surface area contributed by atoms with E-state index in [2.05, 4.69) is 5.09 Å². The number of rotatable bonds is 7. The van der Waals surface area contributed by atoms with E-state index in [-0.39, 0.29) is 0 Å². The first-order valence-electron chi connectivity index (χ1n) is 9.39. The van der Waals surface area contributed by atoms with Gasteiger partial charge < -0.3 is 15.3 Å². The van der Waals surface area contributed by atoms with Gasteiger partial charge in [-0.2, -0.15) is 0 Å². The van der Waals surface area contributed by atoms with Gasteiger partial charge in [-0.15, -0.1) is 11.4 Å². The minimum Gasteiger partial charge on any atom is -0.642 e. The van der Waals surface area contributed by atoms with E-state index in [9.17, 15) is 0 Å². The average Bonchev–Trinajstić information content (AvgIpc) is 2.76.